The predicted molar refractivity (Wildman–Crippen MR) is 75.5 cm³/mol. The highest BCUT2D eigenvalue weighted by molar-refractivity contribution is 9.10. The molecular formula is C14H18BrFN2. The van der Waals surface area contributed by atoms with Crippen molar-refractivity contribution in [1.82, 2.24) is 5.32 Å². The molecule has 0 radical (unpaired) electrons. The van der Waals surface area contributed by atoms with Crippen molar-refractivity contribution in [2.24, 2.45) is 0 Å². The van der Waals surface area contributed by atoms with Gasteiger partial charge in [0.1, 0.15) is 5.82 Å². The van der Waals surface area contributed by atoms with Gasteiger partial charge in [-0.25, -0.2) is 4.39 Å². The van der Waals surface area contributed by atoms with Crippen molar-refractivity contribution >= 4 is 21.6 Å². The van der Waals surface area contributed by atoms with Crippen molar-refractivity contribution in [3.05, 3.63) is 28.5 Å². The third-order valence-corrected chi connectivity index (χ3v) is 4.36. The molecule has 1 heterocycles. The van der Waals surface area contributed by atoms with Gasteiger partial charge in [-0.2, -0.15) is 0 Å². The minimum absolute atomic E-state index is 0.185. The molecule has 1 saturated carbocycles. The lowest BCUT2D eigenvalue weighted by atomic mass is 10.0. The predicted octanol–water partition coefficient (Wildman–Crippen LogP) is 3.31. The minimum Gasteiger partial charge on any atom is -0.369 e. The fourth-order valence-electron chi connectivity index (χ4n) is 2.65. The quantitative estimate of drug-likeness (QED) is 0.921. The first-order chi connectivity index (χ1) is 8.72. The Hall–Kier alpha value is -0.610. The maximum Gasteiger partial charge on any atom is 0.124 e. The summed E-state index contributed by atoms with van der Waals surface area (Å²) in [5, 5.41) is 3.69. The number of nitrogens with one attached hydrogen (secondary N) is 1. The summed E-state index contributed by atoms with van der Waals surface area (Å²) in [5.41, 5.74) is 1.11. The van der Waals surface area contributed by atoms with E-state index < -0.39 is 0 Å². The SMILES string of the molecule is Fc1ccc(N2CCCC(NC3CC3)C2)c(Br)c1. The molecule has 18 heavy (non-hydrogen) atoms. The number of piperidine rings is 1. The summed E-state index contributed by atoms with van der Waals surface area (Å²) in [7, 11) is 0. The van der Waals surface area contributed by atoms with Crippen LogP contribution in [0.25, 0.3) is 0 Å². The first kappa shape index (κ1) is 12.4. The second-order valence-corrected chi connectivity index (χ2v) is 6.18. The van der Waals surface area contributed by atoms with E-state index in [9.17, 15) is 4.39 Å². The molecule has 0 amide bonds. The van der Waals surface area contributed by atoms with Crippen LogP contribution in [0.1, 0.15) is 25.7 Å². The third kappa shape index (κ3) is 2.86. The topological polar surface area (TPSA) is 15.3 Å². The van der Waals surface area contributed by atoms with Gasteiger partial charge >= 0.3 is 0 Å². The lowest BCUT2D eigenvalue weighted by Crippen LogP contribution is -2.46. The van der Waals surface area contributed by atoms with Gasteiger partial charge < -0.3 is 10.2 Å². The third-order valence-electron chi connectivity index (χ3n) is 3.72. The average molecular weight is 313 g/mol. The Balaban J connectivity index is 1.70. The van der Waals surface area contributed by atoms with E-state index in [1.54, 1.807) is 6.07 Å². The highest BCUT2D eigenvalue weighted by Crippen LogP contribution is 2.30. The summed E-state index contributed by atoms with van der Waals surface area (Å²) >= 11 is 3.46. The molecule has 1 atom stereocenters. The van der Waals surface area contributed by atoms with Crippen LogP contribution in [0.5, 0.6) is 0 Å². The minimum atomic E-state index is -0.185. The Morgan fingerprint density at radius 3 is 2.78 bits per heavy atom. The van der Waals surface area contributed by atoms with E-state index in [1.807, 2.05) is 6.07 Å². The van der Waals surface area contributed by atoms with Crippen molar-refractivity contribution < 1.29 is 4.39 Å². The lowest BCUT2D eigenvalue weighted by molar-refractivity contribution is 0.420. The second kappa shape index (κ2) is 5.17. The van der Waals surface area contributed by atoms with Crippen LogP contribution in [0.3, 0.4) is 0 Å². The number of anilines is 1. The summed E-state index contributed by atoms with van der Waals surface area (Å²) in [6.45, 7) is 2.09. The van der Waals surface area contributed by atoms with Crippen molar-refractivity contribution in [2.45, 2.75) is 37.8 Å². The van der Waals surface area contributed by atoms with E-state index in [2.05, 4.69) is 26.1 Å². The van der Waals surface area contributed by atoms with Gasteiger partial charge in [0.05, 0.1) is 5.69 Å². The van der Waals surface area contributed by atoms with Crippen LogP contribution in [0.15, 0.2) is 22.7 Å². The van der Waals surface area contributed by atoms with Gasteiger partial charge in [0.25, 0.3) is 0 Å². The zero-order valence-electron chi connectivity index (χ0n) is 10.3. The number of nitrogens with zero attached hydrogens (tertiary/aromatic N) is 1. The molecule has 0 spiro atoms. The van der Waals surface area contributed by atoms with Crippen LogP contribution in [-0.2, 0) is 0 Å². The van der Waals surface area contributed by atoms with Crippen LogP contribution in [0, 0.1) is 5.82 Å². The first-order valence-corrected chi connectivity index (χ1v) is 7.48. The molecule has 1 aromatic carbocycles. The van der Waals surface area contributed by atoms with Gasteiger partial charge in [0, 0.05) is 29.6 Å². The van der Waals surface area contributed by atoms with E-state index in [0.717, 1.165) is 29.3 Å². The summed E-state index contributed by atoms with van der Waals surface area (Å²) in [4.78, 5) is 2.35. The summed E-state index contributed by atoms with van der Waals surface area (Å²) in [6, 6.07) is 6.30. The van der Waals surface area contributed by atoms with Gasteiger partial charge in [0.2, 0.25) is 0 Å². The molecule has 1 aliphatic heterocycles. The lowest BCUT2D eigenvalue weighted by Gasteiger charge is -2.35. The zero-order valence-corrected chi connectivity index (χ0v) is 11.9. The zero-order chi connectivity index (χ0) is 12.5. The number of halogens is 2. The van der Waals surface area contributed by atoms with Crippen molar-refractivity contribution in [2.75, 3.05) is 18.0 Å². The molecule has 2 aliphatic rings. The molecule has 3 rings (SSSR count). The Labute approximate surface area is 116 Å². The number of rotatable bonds is 3. The summed E-state index contributed by atoms with van der Waals surface area (Å²) < 4.78 is 14.0. The summed E-state index contributed by atoms with van der Waals surface area (Å²) in [6.07, 6.45) is 5.12. The van der Waals surface area contributed by atoms with Crippen LogP contribution >= 0.6 is 15.9 Å². The molecule has 1 unspecified atom stereocenters. The Morgan fingerprint density at radius 1 is 1.22 bits per heavy atom. The fourth-order valence-corrected chi connectivity index (χ4v) is 3.25. The van der Waals surface area contributed by atoms with E-state index in [-0.39, 0.29) is 5.82 Å². The highest BCUT2D eigenvalue weighted by atomic mass is 79.9. The Bertz CT molecular complexity index is 434. The van der Waals surface area contributed by atoms with Crippen LogP contribution < -0.4 is 10.2 Å². The van der Waals surface area contributed by atoms with Gasteiger partial charge in [-0.3, -0.25) is 0 Å². The van der Waals surface area contributed by atoms with Crippen molar-refractivity contribution in [3.8, 4) is 0 Å². The van der Waals surface area contributed by atoms with Gasteiger partial charge in [-0.05, 0) is 59.8 Å². The molecular weight excluding hydrogens is 295 g/mol. The monoisotopic (exact) mass is 312 g/mol. The normalized spacial score (nSPS) is 24.3. The van der Waals surface area contributed by atoms with E-state index in [0.29, 0.717) is 6.04 Å². The average Bonchev–Trinajstić information content (AvgIpc) is 3.13. The van der Waals surface area contributed by atoms with Crippen molar-refractivity contribution in [3.63, 3.8) is 0 Å². The van der Waals surface area contributed by atoms with Crippen LogP contribution in [-0.4, -0.2) is 25.2 Å². The second-order valence-electron chi connectivity index (χ2n) is 5.32. The maximum absolute atomic E-state index is 13.1. The van der Waals surface area contributed by atoms with Crippen LogP contribution in [0.2, 0.25) is 0 Å². The number of benzene rings is 1. The molecule has 1 saturated heterocycles. The van der Waals surface area contributed by atoms with E-state index >= 15 is 0 Å². The van der Waals surface area contributed by atoms with Gasteiger partial charge in [-0.15, -0.1) is 0 Å². The molecule has 0 aromatic heterocycles. The number of hydrogen-bond donors (Lipinski definition) is 1. The smallest absolute Gasteiger partial charge is 0.124 e. The Morgan fingerprint density at radius 2 is 2.06 bits per heavy atom. The highest BCUT2D eigenvalue weighted by Gasteiger charge is 2.28. The molecule has 1 aliphatic carbocycles. The molecule has 4 heteroatoms. The molecule has 1 aromatic rings. The maximum atomic E-state index is 13.1. The van der Waals surface area contributed by atoms with E-state index in [4.69, 9.17) is 0 Å². The van der Waals surface area contributed by atoms with Gasteiger partial charge in [-0.1, -0.05) is 0 Å². The molecule has 1 N–H and O–H groups in total. The molecule has 2 fully saturated rings. The standard InChI is InChI=1S/C14H18BrFN2/c15-13-8-10(16)3-6-14(13)18-7-1-2-12(9-18)17-11-4-5-11/h3,6,8,11-12,17H,1-2,4-5,7,9H2. The molecule has 98 valence electrons. The molecule has 2 nitrogen and oxygen atoms in total. The molecule has 0 bridgehead atoms. The van der Waals surface area contributed by atoms with Crippen molar-refractivity contribution in [1.29, 1.82) is 0 Å². The fraction of sp³-hybridized carbons (Fsp3) is 0.571. The largest absolute Gasteiger partial charge is 0.369 e. The van der Waals surface area contributed by atoms with E-state index in [1.165, 1.54) is 31.7 Å². The summed E-state index contributed by atoms with van der Waals surface area (Å²) in [5.74, 6) is -0.185. The van der Waals surface area contributed by atoms with Crippen LogP contribution in [0.4, 0.5) is 10.1 Å². The number of hydrogen-bond acceptors (Lipinski definition) is 2. The van der Waals surface area contributed by atoms with Gasteiger partial charge in [0.15, 0.2) is 0 Å². The Kier molecular flexibility index (Phi) is 3.57. The first-order valence-electron chi connectivity index (χ1n) is 6.68.